The van der Waals surface area contributed by atoms with Crippen molar-refractivity contribution in [2.24, 2.45) is 0 Å². The van der Waals surface area contributed by atoms with Crippen molar-refractivity contribution in [1.82, 2.24) is 0 Å². The first-order valence-electron chi connectivity index (χ1n) is 3.05. The highest BCUT2D eigenvalue weighted by atomic mass is 16.1. The van der Waals surface area contributed by atoms with Crippen molar-refractivity contribution in [3.63, 3.8) is 0 Å². The molecule has 0 saturated carbocycles. The Balaban J connectivity index is 0. The topological polar surface area (TPSA) is 34.1 Å². The van der Waals surface area contributed by atoms with Gasteiger partial charge < -0.3 is 9.59 Å². The molecule has 54 valence electrons. The SMILES string of the molecule is C=O.CCCCC(C)=O. The van der Waals surface area contributed by atoms with Crippen molar-refractivity contribution in [2.45, 2.75) is 33.1 Å². The van der Waals surface area contributed by atoms with Crippen LogP contribution in [0.4, 0.5) is 0 Å². The first-order chi connectivity index (χ1) is 4.27. The lowest BCUT2D eigenvalue weighted by molar-refractivity contribution is -0.117. The summed E-state index contributed by atoms with van der Waals surface area (Å²) in [6, 6.07) is 0. The van der Waals surface area contributed by atoms with Gasteiger partial charge in [0.2, 0.25) is 0 Å². The van der Waals surface area contributed by atoms with E-state index in [0.29, 0.717) is 5.78 Å². The molecule has 0 amide bonds. The molecule has 0 atom stereocenters. The molecule has 0 aromatic carbocycles. The molecule has 0 aliphatic carbocycles. The zero-order valence-corrected chi connectivity index (χ0v) is 6.14. The Hall–Kier alpha value is -0.660. The lowest BCUT2D eigenvalue weighted by Crippen LogP contribution is -1.86. The minimum Gasteiger partial charge on any atom is -0.307 e. The van der Waals surface area contributed by atoms with Gasteiger partial charge in [-0.2, -0.15) is 0 Å². The Bertz CT molecular complexity index is 69.3. The number of rotatable bonds is 3. The zero-order valence-electron chi connectivity index (χ0n) is 6.14. The Kier molecular flexibility index (Phi) is 12.9. The quantitative estimate of drug-likeness (QED) is 0.581. The summed E-state index contributed by atoms with van der Waals surface area (Å²) in [5.74, 6) is 0.307. The maximum absolute atomic E-state index is 10.2. The van der Waals surface area contributed by atoms with Gasteiger partial charge in [-0.1, -0.05) is 13.3 Å². The molecule has 2 heteroatoms. The van der Waals surface area contributed by atoms with Crippen LogP contribution < -0.4 is 0 Å². The fraction of sp³-hybridized carbons (Fsp3) is 0.714. The highest BCUT2D eigenvalue weighted by molar-refractivity contribution is 5.75. The summed E-state index contributed by atoms with van der Waals surface area (Å²) in [4.78, 5) is 18.2. The average Bonchev–Trinajstić information content (AvgIpc) is 1.88. The first-order valence-corrected chi connectivity index (χ1v) is 3.05. The van der Waals surface area contributed by atoms with Crippen molar-refractivity contribution >= 4 is 12.6 Å². The van der Waals surface area contributed by atoms with Crippen LogP contribution in [0.25, 0.3) is 0 Å². The van der Waals surface area contributed by atoms with Gasteiger partial charge in [0.15, 0.2) is 0 Å². The molecule has 0 N–H and O–H groups in total. The Morgan fingerprint density at radius 3 is 2.00 bits per heavy atom. The molecule has 0 heterocycles. The zero-order chi connectivity index (χ0) is 7.70. The van der Waals surface area contributed by atoms with E-state index >= 15 is 0 Å². The molecule has 0 aliphatic rings. The summed E-state index contributed by atoms with van der Waals surface area (Å²) in [5, 5.41) is 0. The highest BCUT2D eigenvalue weighted by Gasteiger charge is 1.87. The fourth-order valence-electron chi connectivity index (χ4n) is 0.426. The predicted octanol–water partition coefficient (Wildman–Crippen LogP) is 1.58. The van der Waals surface area contributed by atoms with Crippen LogP contribution in [-0.4, -0.2) is 12.6 Å². The lowest BCUT2D eigenvalue weighted by atomic mass is 10.2. The van der Waals surface area contributed by atoms with Crippen LogP contribution in [0.15, 0.2) is 0 Å². The molecular formula is C7H14O2. The van der Waals surface area contributed by atoms with Gasteiger partial charge in [0.1, 0.15) is 12.6 Å². The third-order valence-corrected chi connectivity index (χ3v) is 0.882. The summed E-state index contributed by atoms with van der Waals surface area (Å²) in [5.41, 5.74) is 0. The second-order valence-electron chi connectivity index (χ2n) is 1.81. The smallest absolute Gasteiger partial charge is 0.129 e. The molecule has 0 aromatic rings. The molecular weight excluding hydrogens is 116 g/mol. The van der Waals surface area contributed by atoms with E-state index in [1.54, 1.807) is 6.92 Å². The van der Waals surface area contributed by atoms with Gasteiger partial charge in [-0.15, -0.1) is 0 Å². The number of carbonyl (C=O) groups excluding carboxylic acids is 2. The van der Waals surface area contributed by atoms with Crippen LogP contribution in [0.3, 0.4) is 0 Å². The second kappa shape index (κ2) is 10.3. The van der Waals surface area contributed by atoms with Crippen LogP contribution in [0.5, 0.6) is 0 Å². The van der Waals surface area contributed by atoms with E-state index in [1.807, 2.05) is 6.79 Å². The second-order valence-corrected chi connectivity index (χ2v) is 1.81. The van der Waals surface area contributed by atoms with E-state index in [2.05, 4.69) is 6.92 Å². The minimum absolute atomic E-state index is 0.307. The van der Waals surface area contributed by atoms with Crippen LogP contribution in [0, 0.1) is 0 Å². The molecule has 9 heavy (non-hydrogen) atoms. The molecule has 0 aromatic heterocycles. The summed E-state index contributed by atoms with van der Waals surface area (Å²) < 4.78 is 0. The van der Waals surface area contributed by atoms with E-state index in [4.69, 9.17) is 4.79 Å². The minimum atomic E-state index is 0.307. The summed E-state index contributed by atoms with van der Waals surface area (Å²) in [7, 11) is 0. The van der Waals surface area contributed by atoms with Crippen molar-refractivity contribution in [3.8, 4) is 0 Å². The van der Waals surface area contributed by atoms with E-state index in [1.165, 1.54) is 0 Å². The van der Waals surface area contributed by atoms with Crippen molar-refractivity contribution in [2.75, 3.05) is 0 Å². The standard InChI is InChI=1S/C6H12O.CH2O/c1-3-4-5-6(2)7;1-2/h3-5H2,1-2H3;1H2. The van der Waals surface area contributed by atoms with Gasteiger partial charge in [-0.05, 0) is 13.3 Å². The molecule has 0 saturated heterocycles. The Morgan fingerprint density at radius 1 is 1.44 bits per heavy atom. The third-order valence-electron chi connectivity index (χ3n) is 0.882. The maximum atomic E-state index is 10.2. The Morgan fingerprint density at radius 2 is 1.89 bits per heavy atom. The summed E-state index contributed by atoms with van der Waals surface area (Å²) >= 11 is 0. The number of carbonyl (C=O) groups is 2. The summed E-state index contributed by atoms with van der Waals surface area (Å²) in [6.45, 7) is 5.72. The molecule has 0 bridgehead atoms. The van der Waals surface area contributed by atoms with Gasteiger partial charge in [0, 0.05) is 6.42 Å². The van der Waals surface area contributed by atoms with Crippen LogP contribution >= 0.6 is 0 Å². The van der Waals surface area contributed by atoms with Gasteiger partial charge in [-0.3, -0.25) is 0 Å². The number of Topliss-reactive ketones (excluding diaryl/α,β-unsaturated/α-hetero) is 1. The lowest BCUT2D eigenvalue weighted by Gasteiger charge is -1.86. The van der Waals surface area contributed by atoms with Gasteiger partial charge >= 0.3 is 0 Å². The average molecular weight is 130 g/mol. The molecule has 0 radical (unpaired) electrons. The molecule has 0 rings (SSSR count). The summed E-state index contributed by atoms with van der Waals surface area (Å²) in [6.07, 6.45) is 2.94. The molecule has 0 unspecified atom stereocenters. The number of hydrogen-bond acceptors (Lipinski definition) is 2. The van der Waals surface area contributed by atoms with Crippen LogP contribution in [0.2, 0.25) is 0 Å². The van der Waals surface area contributed by atoms with Crippen molar-refractivity contribution in [3.05, 3.63) is 0 Å². The van der Waals surface area contributed by atoms with E-state index in [9.17, 15) is 4.79 Å². The molecule has 0 fully saturated rings. The normalized spacial score (nSPS) is 7.33. The molecule has 0 aliphatic heterocycles. The number of hydrogen-bond donors (Lipinski definition) is 0. The maximum Gasteiger partial charge on any atom is 0.129 e. The number of unbranched alkanes of at least 4 members (excludes halogenated alkanes) is 1. The van der Waals surface area contributed by atoms with Crippen LogP contribution in [-0.2, 0) is 9.59 Å². The third kappa shape index (κ3) is 18.8. The van der Waals surface area contributed by atoms with Crippen molar-refractivity contribution in [1.29, 1.82) is 0 Å². The first kappa shape index (κ1) is 11.2. The Labute approximate surface area is 56.3 Å². The van der Waals surface area contributed by atoms with Crippen molar-refractivity contribution < 1.29 is 9.59 Å². The highest BCUT2D eigenvalue weighted by Crippen LogP contribution is 1.92. The number of ketones is 1. The van der Waals surface area contributed by atoms with Gasteiger partial charge in [0.05, 0.1) is 0 Å². The monoisotopic (exact) mass is 130 g/mol. The van der Waals surface area contributed by atoms with Gasteiger partial charge in [0.25, 0.3) is 0 Å². The molecule has 2 nitrogen and oxygen atoms in total. The predicted molar refractivity (Wildman–Crippen MR) is 37.3 cm³/mol. The van der Waals surface area contributed by atoms with Gasteiger partial charge in [-0.25, -0.2) is 0 Å². The molecule has 0 spiro atoms. The van der Waals surface area contributed by atoms with E-state index < -0.39 is 0 Å². The largest absolute Gasteiger partial charge is 0.307 e. The van der Waals surface area contributed by atoms with Crippen LogP contribution in [0.1, 0.15) is 33.1 Å². The van der Waals surface area contributed by atoms with E-state index in [0.717, 1.165) is 19.3 Å². The fourth-order valence-corrected chi connectivity index (χ4v) is 0.426. The van der Waals surface area contributed by atoms with E-state index in [-0.39, 0.29) is 0 Å².